The number of piperidine rings is 1. The van der Waals surface area contributed by atoms with Crippen LogP contribution in [0.25, 0.3) is 0 Å². The van der Waals surface area contributed by atoms with Gasteiger partial charge in [-0.15, -0.1) is 0 Å². The molecule has 2 heterocycles. The van der Waals surface area contributed by atoms with E-state index in [1.807, 2.05) is 25.7 Å². The first-order chi connectivity index (χ1) is 8.30. The normalized spacial score (nSPS) is 24.6. The van der Waals surface area contributed by atoms with E-state index < -0.39 is 5.60 Å². The number of amides is 1. The molecule has 2 rings (SSSR count). The van der Waals surface area contributed by atoms with Crippen molar-refractivity contribution in [2.75, 3.05) is 26.2 Å². The minimum absolute atomic E-state index is 0.169. The van der Waals surface area contributed by atoms with Crippen LogP contribution in [0.15, 0.2) is 0 Å². The fourth-order valence-corrected chi connectivity index (χ4v) is 2.87. The number of hydrogen-bond donors (Lipinski definition) is 0. The van der Waals surface area contributed by atoms with Gasteiger partial charge in [-0.2, -0.15) is 0 Å². The first-order valence-corrected chi connectivity index (χ1v) is 7.03. The molecular weight excluding hydrogens is 228 g/mol. The second kappa shape index (κ2) is 4.72. The van der Waals surface area contributed by atoms with Crippen LogP contribution in [0, 0.1) is 0 Å². The van der Waals surface area contributed by atoms with Gasteiger partial charge in [-0.3, -0.25) is 4.90 Å². The van der Waals surface area contributed by atoms with Crippen molar-refractivity contribution < 1.29 is 9.53 Å². The van der Waals surface area contributed by atoms with Gasteiger partial charge in [0.25, 0.3) is 0 Å². The van der Waals surface area contributed by atoms with Crippen LogP contribution in [-0.2, 0) is 4.74 Å². The first kappa shape index (κ1) is 13.7. The summed E-state index contributed by atoms with van der Waals surface area (Å²) >= 11 is 0. The lowest BCUT2D eigenvalue weighted by Gasteiger charge is -2.54. The van der Waals surface area contributed by atoms with E-state index in [0.717, 1.165) is 13.1 Å². The third-order valence-electron chi connectivity index (χ3n) is 3.83. The van der Waals surface area contributed by atoms with Crippen LogP contribution in [0.3, 0.4) is 0 Å². The van der Waals surface area contributed by atoms with Gasteiger partial charge in [0.05, 0.1) is 5.54 Å². The predicted molar refractivity (Wildman–Crippen MR) is 71.6 cm³/mol. The molecule has 0 aromatic carbocycles. The zero-order chi connectivity index (χ0) is 13.4. The van der Waals surface area contributed by atoms with Gasteiger partial charge in [0.15, 0.2) is 0 Å². The molecule has 0 unspecified atom stereocenters. The van der Waals surface area contributed by atoms with Crippen LogP contribution in [0.1, 0.15) is 47.0 Å². The SMILES string of the molecule is CC(C)(C)OC(=O)N1CC(C)(N2CCCCC2)C1. The fourth-order valence-electron chi connectivity index (χ4n) is 2.87. The Morgan fingerprint density at radius 3 is 2.17 bits per heavy atom. The standard InChI is InChI=1S/C14H26N2O2/c1-13(2,3)18-12(17)15-10-14(4,11-15)16-8-6-5-7-9-16/h5-11H2,1-4H3. The van der Waals surface area contributed by atoms with Crippen LogP contribution in [0.2, 0.25) is 0 Å². The second-order valence-corrected chi connectivity index (χ2v) is 6.88. The molecule has 2 fully saturated rings. The molecule has 4 heteroatoms. The maximum absolute atomic E-state index is 11.9. The summed E-state index contributed by atoms with van der Waals surface area (Å²) in [6.45, 7) is 12.0. The van der Waals surface area contributed by atoms with Crippen molar-refractivity contribution in [1.82, 2.24) is 9.80 Å². The number of ether oxygens (including phenoxy) is 1. The summed E-state index contributed by atoms with van der Waals surface area (Å²) in [5, 5.41) is 0. The molecule has 1 amide bonds. The van der Waals surface area contributed by atoms with E-state index in [4.69, 9.17) is 4.74 Å². The largest absolute Gasteiger partial charge is 0.444 e. The molecule has 0 radical (unpaired) electrons. The predicted octanol–water partition coefficient (Wildman–Crippen LogP) is 2.48. The molecule has 104 valence electrons. The average molecular weight is 254 g/mol. The topological polar surface area (TPSA) is 32.8 Å². The molecule has 0 aliphatic carbocycles. The zero-order valence-corrected chi connectivity index (χ0v) is 12.2. The molecule has 18 heavy (non-hydrogen) atoms. The molecular formula is C14H26N2O2. The Morgan fingerprint density at radius 2 is 1.67 bits per heavy atom. The quantitative estimate of drug-likeness (QED) is 0.720. The Bertz CT molecular complexity index is 310. The van der Waals surface area contributed by atoms with Crippen molar-refractivity contribution in [1.29, 1.82) is 0 Å². The van der Waals surface area contributed by atoms with E-state index in [2.05, 4.69) is 11.8 Å². The van der Waals surface area contributed by atoms with Crippen LogP contribution in [-0.4, -0.2) is 53.2 Å². The maximum atomic E-state index is 11.9. The summed E-state index contributed by atoms with van der Waals surface area (Å²) in [6.07, 6.45) is 3.77. The van der Waals surface area contributed by atoms with Crippen LogP contribution in [0.5, 0.6) is 0 Å². The molecule has 0 saturated carbocycles. The van der Waals surface area contributed by atoms with E-state index in [9.17, 15) is 4.79 Å². The minimum Gasteiger partial charge on any atom is -0.444 e. The Hall–Kier alpha value is -0.770. The van der Waals surface area contributed by atoms with Gasteiger partial charge in [0.2, 0.25) is 0 Å². The Labute approximate surface area is 110 Å². The molecule has 0 N–H and O–H groups in total. The average Bonchev–Trinajstić information content (AvgIpc) is 2.23. The summed E-state index contributed by atoms with van der Waals surface area (Å²) < 4.78 is 5.39. The van der Waals surface area contributed by atoms with Crippen molar-refractivity contribution in [2.24, 2.45) is 0 Å². The number of nitrogens with zero attached hydrogens (tertiary/aromatic N) is 2. The molecule has 0 aromatic rings. The zero-order valence-electron chi connectivity index (χ0n) is 12.2. The molecule has 0 bridgehead atoms. The Balaban J connectivity index is 1.83. The number of carbonyl (C=O) groups is 1. The number of likely N-dealkylation sites (tertiary alicyclic amines) is 2. The fraction of sp³-hybridized carbons (Fsp3) is 0.929. The smallest absolute Gasteiger partial charge is 0.410 e. The summed E-state index contributed by atoms with van der Waals surface area (Å²) in [5.41, 5.74) is -0.217. The molecule has 4 nitrogen and oxygen atoms in total. The summed E-state index contributed by atoms with van der Waals surface area (Å²) in [7, 11) is 0. The highest BCUT2D eigenvalue weighted by molar-refractivity contribution is 5.69. The van der Waals surface area contributed by atoms with Gasteiger partial charge in [0, 0.05) is 13.1 Å². The number of carbonyl (C=O) groups excluding carboxylic acids is 1. The van der Waals surface area contributed by atoms with Crippen molar-refractivity contribution in [2.45, 2.75) is 58.1 Å². The van der Waals surface area contributed by atoms with Crippen molar-refractivity contribution in [3.63, 3.8) is 0 Å². The molecule has 0 aromatic heterocycles. The number of hydrogen-bond acceptors (Lipinski definition) is 3. The van der Waals surface area contributed by atoms with E-state index in [1.54, 1.807) is 0 Å². The lowest BCUT2D eigenvalue weighted by atomic mass is 9.88. The number of rotatable bonds is 1. The van der Waals surface area contributed by atoms with E-state index in [-0.39, 0.29) is 11.6 Å². The van der Waals surface area contributed by atoms with E-state index >= 15 is 0 Å². The first-order valence-electron chi connectivity index (χ1n) is 7.03. The molecule has 2 aliphatic heterocycles. The molecule has 2 saturated heterocycles. The highest BCUT2D eigenvalue weighted by atomic mass is 16.6. The molecule has 2 aliphatic rings. The van der Waals surface area contributed by atoms with Gasteiger partial charge in [-0.25, -0.2) is 4.79 Å². The van der Waals surface area contributed by atoms with Crippen LogP contribution in [0.4, 0.5) is 4.79 Å². The third kappa shape index (κ3) is 2.97. The van der Waals surface area contributed by atoms with Crippen LogP contribution >= 0.6 is 0 Å². The lowest BCUT2D eigenvalue weighted by molar-refractivity contribution is -0.0614. The van der Waals surface area contributed by atoms with Gasteiger partial charge in [-0.05, 0) is 53.6 Å². The van der Waals surface area contributed by atoms with Gasteiger partial charge < -0.3 is 9.64 Å². The van der Waals surface area contributed by atoms with Gasteiger partial charge in [0.1, 0.15) is 5.60 Å². The Kier molecular flexibility index (Phi) is 3.58. The molecule has 0 atom stereocenters. The highest BCUT2D eigenvalue weighted by Gasteiger charge is 2.46. The minimum atomic E-state index is -0.395. The van der Waals surface area contributed by atoms with Gasteiger partial charge in [-0.1, -0.05) is 6.42 Å². The molecule has 0 spiro atoms. The van der Waals surface area contributed by atoms with Crippen molar-refractivity contribution >= 4 is 6.09 Å². The highest BCUT2D eigenvalue weighted by Crippen LogP contribution is 2.31. The van der Waals surface area contributed by atoms with E-state index in [1.165, 1.54) is 32.4 Å². The monoisotopic (exact) mass is 254 g/mol. The van der Waals surface area contributed by atoms with E-state index in [0.29, 0.717) is 0 Å². The van der Waals surface area contributed by atoms with Crippen molar-refractivity contribution in [3.8, 4) is 0 Å². The van der Waals surface area contributed by atoms with Crippen molar-refractivity contribution in [3.05, 3.63) is 0 Å². The lowest BCUT2D eigenvalue weighted by Crippen LogP contribution is -2.70. The maximum Gasteiger partial charge on any atom is 0.410 e. The Morgan fingerprint density at radius 1 is 1.11 bits per heavy atom. The van der Waals surface area contributed by atoms with Crippen LogP contribution < -0.4 is 0 Å². The third-order valence-corrected chi connectivity index (χ3v) is 3.83. The second-order valence-electron chi connectivity index (χ2n) is 6.88. The summed E-state index contributed by atoms with van der Waals surface area (Å²) in [5.74, 6) is 0. The summed E-state index contributed by atoms with van der Waals surface area (Å²) in [6, 6.07) is 0. The van der Waals surface area contributed by atoms with Gasteiger partial charge >= 0.3 is 6.09 Å². The summed E-state index contributed by atoms with van der Waals surface area (Å²) in [4.78, 5) is 16.3.